The highest BCUT2D eigenvalue weighted by molar-refractivity contribution is 6.30. The van der Waals surface area contributed by atoms with Crippen molar-refractivity contribution >= 4 is 23.3 Å². The van der Waals surface area contributed by atoms with Crippen LogP contribution in [0.4, 0.5) is 5.95 Å². The molecule has 2 heterocycles. The van der Waals surface area contributed by atoms with E-state index in [0.29, 0.717) is 10.8 Å². The van der Waals surface area contributed by atoms with Gasteiger partial charge in [0.15, 0.2) is 0 Å². The Kier molecular flexibility index (Phi) is 3.39. The van der Waals surface area contributed by atoms with Gasteiger partial charge in [-0.1, -0.05) is 11.6 Å². The first kappa shape index (κ1) is 13.6. The van der Waals surface area contributed by atoms with Crippen molar-refractivity contribution in [3.8, 4) is 5.75 Å². The minimum atomic E-state index is -0.239. The number of ether oxygens (including phenoxy) is 1. The third-order valence-corrected chi connectivity index (χ3v) is 3.38. The van der Waals surface area contributed by atoms with Crippen LogP contribution in [0.15, 0.2) is 30.5 Å². The van der Waals surface area contributed by atoms with Crippen molar-refractivity contribution in [3.63, 3.8) is 0 Å². The van der Waals surface area contributed by atoms with Crippen LogP contribution in [0.25, 0.3) is 5.78 Å². The van der Waals surface area contributed by atoms with Gasteiger partial charge in [-0.2, -0.15) is 9.50 Å². The van der Waals surface area contributed by atoms with Crippen molar-refractivity contribution in [2.75, 3.05) is 5.73 Å². The average Bonchev–Trinajstić information content (AvgIpc) is 2.81. The molecule has 0 spiro atoms. The number of aromatic nitrogens is 4. The van der Waals surface area contributed by atoms with Gasteiger partial charge in [-0.05, 0) is 43.7 Å². The van der Waals surface area contributed by atoms with E-state index in [1.165, 1.54) is 0 Å². The minimum absolute atomic E-state index is 0.185. The van der Waals surface area contributed by atoms with Crippen LogP contribution in [0, 0.1) is 6.92 Å². The Morgan fingerprint density at radius 1 is 1.33 bits per heavy atom. The van der Waals surface area contributed by atoms with E-state index in [2.05, 4.69) is 15.1 Å². The minimum Gasteiger partial charge on any atom is -0.484 e. The molecule has 2 aromatic heterocycles. The molecular formula is C14H14ClN5O. The number of hydrogen-bond acceptors (Lipinski definition) is 5. The Morgan fingerprint density at radius 3 is 2.90 bits per heavy atom. The van der Waals surface area contributed by atoms with Gasteiger partial charge in [0.05, 0.1) is 5.69 Å². The highest BCUT2D eigenvalue weighted by Crippen LogP contribution is 2.27. The fourth-order valence-corrected chi connectivity index (χ4v) is 2.36. The molecule has 0 saturated heterocycles. The number of benzene rings is 1. The predicted molar refractivity (Wildman–Crippen MR) is 80.4 cm³/mol. The smallest absolute Gasteiger partial charge is 0.254 e. The van der Waals surface area contributed by atoms with Crippen LogP contribution in [-0.2, 0) is 0 Å². The molecule has 21 heavy (non-hydrogen) atoms. The lowest BCUT2D eigenvalue weighted by Crippen LogP contribution is -2.10. The molecule has 0 aliphatic carbocycles. The summed E-state index contributed by atoms with van der Waals surface area (Å²) < 4.78 is 7.58. The monoisotopic (exact) mass is 303 g/mol. The van der Waals surface area contributed by atoms with Crippen molar-refractivity contribution in [1.82, 2.24) is 19.6 Å². The maximum absolute atomic E-state index is 5.99. The summed E-state index contributed by atoms with van der Waals surface area (Å²) in [6, 6.07) is 7.34. The van der Waals surface area contributed by atoms with Crippen molar-refractivity contribution in [3.05, 3.63) is 46.7 Å². The summed E-state index contributed by atoms with van der Waals surface area (Å²) >= 11 is 5.95. The van der Waals surface area contributed by atoms with E-state index in [0.717, 1.165) is 17.0 Å². The Morgan fingerprint density at radius 2 is 2.14 bits per heavy atom. The molecule has 0 radical (unpaired) electrons. The van der Waals surface area contributed by atoms with E-state index >= 15 is 0 Å². The molecule has 0 bridgehead atoms. The van der Waals surface area contributed by atoms with Gasteiger partial charge in [0.1, 0.15) is 11.9 Å². The van der Waals surface area contributed by atoms with Gasteiger partial charge >= 0.3 is 0 Å². The van der Waals surface area contributed by atoms with Crippen molar-refractivity contribution in [2.24, 2.45) is 0 Å². The van der Waals surface area contributed by atoms with E-state index in [1.807, 2.05) is 32.0 Å². The lowest BCUT2D eigenvalue weighted by molar-refractivity contribution is 0.217. The lowest BCUT2D eigenvalue weighted by atomic mass is 10.2. The summed E-state index contributed by atoms with van der Waals surface area (Å²) in [5.41, 5.74) is 7.40. The van der Waals surface area contributed by atoms with Crippen molar-refractivity contribution in [2.45, 2.75) is 20.0 Å². The molecule has 108 valence electrons. The summed E-state index contributed by atoms with van der Waals surface area (Å²) in [6.07, 6.45) is 1.42. The highest BCUT2D eigenvalue weighted by Gasteiger charge is 2.15. The van der Waals surface area contributed by atoms with E-state index in [-0.39, 0.29) is 12.1 Å². The molecule has 0 saturated carbocycles. The van der Waals surface area contributed by atoms with Crippen molar-refractivity contribution in [1.29, 1.82) is 0 Å². The van der Waals surface area contributed by atoms with Gasteiger partial charge < -0.3 is 10.5 Å². The summed E-state index contributed by atoms with van der Waals surface area (Å²) in [5.74, 6) is 1.41. The van der Waals surface area contributed by atoms with E-state index < -0.39 is 0 Å². The van der Waals surface area contributed by atoms with Gasteiger partial charge in [-0.15, -0.1) is 5.10 Å². The standard InChI is InChI=1S/C14H14ClN5O/c1-8-7-10(15)3-4-12(8)21-9(2)11-5-6-17-14-18-13(16)19-20(11)14/h3-7,9H,1-2H3,(H2,16,19)/t9-/m1/s1. The van der Waals surface area contributed by atoms with Crippen LogP contribution < -0.4 is 10.5 Å². The number of anilines is 1. The number of fused-ring (bicyclic) bond motifs is 1. The van der Waals surface area contributed by atoms with Gasteiger partial charge in [0, 0.05) is 11.2 Å². The number of aryl methyl sites for hydroxylation is 1. The molecule has 1 atom stereocenters. The number of nitrogens with zero attached hydrogens (tertiary/aromatic N) is 4. The summed E-state index contributed by atoms with van der Waals surface area (Å²) in [6.45, 7) is 3.88. The maximum atomic E-state index is 5.99. The Hall–Kier alpha value is -2.34. The third-order valence-electron chi connectivity index (χ3n) is 3.14. The second kappa shape index (κ2) is 5.21. The summed E-state index contributed by atoms with van der Waals surface area (Å²) in [5, 5.41) is 4.82. The van der Waals surface area contributed by atoms with Gasteiger partial charge in [-0.3, -0.25) is 0 Å². The molecule has 0 aliphatic rings. The number of halogens is 1. The number of nitrogen functional groups attached to an aromatic ring is 1. The molecule has 3 aromatic rings. The molecule has 0 unspecified atom stereocenters. The van der Waals surface area contributed by atoms with Crippen LogP contribution in [0.2, 0.25) is 5.02 Å². The van der Waals surface area contributed by atoms with Crippen LogP contribution in [-0.4, -0.2) is 19.6 Å². The van der Waals surface area contributed by atoms with Gasteiger partial charge in [0.25, 0.3) is 5.78 Å². The maximum Gasteiger partial charge on any atom is 0.254 e. The Labute approximate surface area is 126 Å². The zero-order valence-corrected chi connectivity index (χ0v) is 12.4. The summed E-state index contributed by atoms with van der Waals surface area (Å²) in [4.78, 5) is 8.16. The summed E-state index contributed by atoms with van der Waals surface area (Å²) in [7, 11) is 0. The highest BCUT2D eigenvalue weighted by atomic mass is 35.5. The molecular weight excluding hydrogens is 290 g/mol. The zero-order chi connectivity index (χ0) is 15.0. The van der Waals surface area contributed by atoms with Gasteiger partial charge in [-0.25, -0.2) is 4.98 Å². The van der Waals surface area contributed by atoms with Crippen molar-refractivity contribution < 1.29 is 4.74 Å². The number of nitrogens with two attached hydrogens (primary N) is 1. The second-order valence-electron chi connectivity index (χ2n) is 4.72. The third kappa shape index (κ3) is 2.62. The van der Waals surface area contributed by atoms with Crippen LogP contribution >= 0.6 is 11.6 Å². The second-order valence-corrected chi connectivity index (χ2v) is 5.16. The van der Waals surface area contributed by atoms with Crippen LogP contribution in [0.3, 0.4) is 0 Å². The first-order valence-corrected chi connectivity index (χ1v) is 6.82. The average molecular weight is 304 g/mol. The Balaban J connectivity index is 1.95. The molecule has 3 rings (SSSR count). The molecule has 1 aromatic carbocycles. The zero-order valence-electron chi connectivity index (χ0n) is 11.6. The lowest BCUT2D eigenvalue weighted by Gasteiger charge is -2.17. The predicted octanol–water partition coefficient (Wildman–Crippen LogP) is 2.81. The number of hydrogen-bond donors (Lipinski definition) is 1. The normalized spacial score (nSPS) is 12.5. The van der Waals surface area contributed by atoms with Crippen LogP contribution in [0.1, 0.15) is 24.3 Å². The molecule has 2 N–H and O–H groups in total. The first-order valence-electron chi connectivity index (χ1n) is 6.44. The fraction of sp³-hybridized carbons (Fsp3) is 0.214. The first-order chi connectivity index (χ1) is 10.0. The largest absolute Gasteiger partial charge is 0.484 e. The van der Waals surface area contributed by atoms with E-state index in [1.54, 1.807) is 16.8 Å². The molecule has 0 aliphatic heterocycles. The SMILES string of the molecule is Cc1cc(Cl)ccc1O[C@H](C)c1ccnc2nc(N)nn12. The number of rotatable bonds is 3. The molecule has 0 fully saturated rings. The van der Waals surface area contributed by atoms with E-state index in [9.17, 15) is 0 Å². The van der Waals surface area contributed by atoms with E-state index in [4.69, 9.17) is 22.1 Å². The fourth-order valence-electron chi connectivity index (χ4n) is 2.13. The molecule has 0 amide bonds. The van der Waals surface area contributed by atoms with Gasteiger partial charge in [0.2, 0.25) is 5.95 Å². The quantitative estimate of drug-likeness (QED) is 0.805. The topological polar surface area (TPSA) is 78.3 Å². The Bertz CT molecular complexity index is 801. The molecule has 6 nitrogen and oxygen atoms in total. The van der Waals surface area contributed by atoms with Crippen LogP contribution in [0.5, 0.6) is 5.75 Å². The molecule has 7 heteroatoms.